The minimum atomic E-state index is 0.656. The Morgan fingerprint density at radius 1 is 1.19 bits per heavy atom. The van der Waals surface area contributed by atoms with Gasteiger partial charge in [-0.15, -0.1) is 11.3 Å². The molecule has 1 aliphatic carbocycles. The van der Waals surface area contributed by atoms with Gasteiger partial charge in [-0.3, -0.25) is 0 Å². The Morgan fingerprint density at radius 3 is 2.90 bits per heavy atom. The zero-order chi connectivity index (χ0) is 14.4. The molecule has 2 aromatic heterocycles. The third-order valence-corrected chi connectivity index (χ3v) is 5.43. The van der Waals surface area contributed by atoms with Crippen molar-refractivity contribution in [2.24, 2.45) is 0 Å². The molecule has 4 rings (SSSR count). The van der Waals surface area contributed by atoms with E-state index in [0.29, 0.717) is 5.82 Å². The number of rotatable bonds is 2. The maximum Gasteiger partial charge on any atom is 0.136 e. The van der Waals surface area contributed by atoms with Crippen LogP contribution in [-0.4, -0.2) is 9.97 Å². The first-order valence-corrected chi connectivity index (χ1v) is 8.15. The van der Waals surface area contributed by atoms with Crippen LogP contribution in [0.2, 0.25) is 0 Å². The number of aryl methyl sites for hydroxylation is 3. The van der Waals surface area contributed by atoms with E-state index in [1.54, 1.807) is 11.3 Å². The van der Waals surface area contributed by atoms with Crippen LogP contribution in [0, 0.1) is 6.92 Å². The quantitative estimate of drug-likeness (QED) is 0.785. The highest BCUT2D eigenvalue weighted by atomic mass is 32.1. The first kappa shape index (κ1) is 12.8. The van der Waals surface area contributed by atoms with Gasteiger partial charge in [0.2, 0.25) is 0 Å². The Balaban J connectivity index is 1.79. The van der Waals surface area contributed by atoms with E-state index in [2.05, 4.69) is 36.2 Å². The molecular weight excluding hydrogens is 278 g/mol. The second-order valence-corrected chi connectivity index (χ2v) is 6.75. The van der Waals surface area contributed by atoms with Gasteiger partial charge >= 0.3 is 0 Å². The van der Waals surface area contributed by atoms with Crippen LogP contribution in [0.4, 0.5) is 5.82 Å². The summed E-state index contributed by atoms with van der Waals surface area (Å²) in [5, 5.41) is 1.11. The summed E-state index contributed by atoms with van der Waals surface area (Å²) in [7, 11) is 0. The van der Waals surface area contributed by atoms with Crippen molar-refractivity contribution in [3.8, 4) is 0 Å². The number of thiophene rings is 1. The van der Waals surface area contributed by atoms with Crippen molar-refractivity contribution in [2.45, 2.75) is 32.6 Å². The molecule has 0 atom stereocenters. The molecule has 21 heavy (non-hydrogen) atoms. The average Bonchev–Trinajstić information content (AvgIpc) is 3.01. The molecular formula is C17H17N3S. The average molecular weight is 295 g/mol. The molecule has 0 radical (unpaired) electrons. The number of nitrogens with zero attached hydrogens (tertiary/aromatic N) is 2. The number of fused-ring (bicyclic) bond motifs is 3. The SMILES string of the molecule is Cc1ccccc1Cc1nc(N)c2c3c(sc2n1)CCC3. The Labute approximate surface area is 127 Å². The number of nitrogen functional groups attached to an aromatic ring is 1. The van der Waals surface area contributed by atoms with Gasteiger partial charge in [0.1, 0.15) is 16.5 Å². The van der Waals surface area contributed by atoms with Crippen molar-refractivity contribution >= 4 is 27.4 Å². The predicted octanol–water partition coefficient (Wildman–Crippen LogP) is 3.66. The second kappa shape index (κ2) is 4.81. The fourth-order valence-electron chi connectivity index (χ4n) is 3.13. The topological polar surface area (TPSA) is 51.8 Å². The van der Waals surface area contributed by atoms with E-state index in [9.17, 15) is 0 Å². The third kappa shape index (κ3) is 2.10. The number of hydrogen-bond acceptors (Lipinski definition) is 4. The van der Waals surface area contributed by atoms with E-state index in [1.165, 1.54) is 34.4 Å². The van der Waals surface area contributed by atoms with Gasteiger partial charge in [-0.25, -0.2) is 9.97 Å². The van der Waals surface area contributed by atoms with Gasteiger partial charge in [-0.1, -0.05) is 24.3 Å². The summed E-state index contributed by atoms with van der Waals surface area (Å²) in [6.07, 6.45) is 4.28. The van der Waals surface area contributed by atoms with Crippen LogP contribution in [0.1, 0.15) is 33.8 Å². The van der Waals surface area contributed by atoms with Gasteiger partial charge < -0.3 is 5.73 Å². The molecule has 4 heteroatoms. The molecule has 0 saturated carbocycles. The molecule has 2 N–H and O–H groups in total. The van der Waals surface area contributed by atoms with Crippen LogP contribution in [0.3, 0.4) is 0 Å². The van der Waals surface area contributed by atoms with Crippen molar-refractivity contribution in [3.05, 3.63) is 51.7 Å². The van der Waals surface area contributed by atoms with Crippen molar-refractivity contribution in [2.75, 3.05) is 5.73 Å². The van der Waals surface area contributed by atoms with Crippen LogP contribution in [0.5, 0.6) is 0 Å². The van der Waals surface area contributed by atoms with Gasteiger partial charge in [-0.2, -0.15) is 0 Å². The van der Waals surface area contributed by atoms with Gasteiger partial charge in [0.25, 0.3) is 0 Å². The number of hydrogen-bond donors (Lipinski definition) is 1. The van der Waals surface area contributed by atoms with Crippen LogP contribution in [0.25, 0.3) is 10.2 Å². The first-order chi connectivity index (χ1) is 10.2. The number of anilines is 1. The fourth-order valence-corrected chi connectivity index (χ4v) is 4.42. The molecule has 1 aromatic carbocycles. The van der Waals surface area contributed by atoms with Gasteiger partial charge in [0, 0.05) is 11.3 Å². The lowest BCUT2D eigenvalue weighted by molar-refractivity contribution is 0.916. The Morgan fingerprint density at radius 2 is 2.05 bits per heavy atom. The molecule has 1 aliphatic rings. The van der Waals surface area contributed by atoms with Crippen LogP contribution in [0.15, 0.2) is 24.3 Å². The molecule has 0 amide bonds. The zero-order valence-electron chi connectivity index (χ0n) is 12.0. The van der Waals surface area contributed by atoms with Gasteiger partial charge in [-0.05, 0) is 42.9 Å². The summed E-state index contributed by atoms with van der Waals surface area (Å²) in [5.41, 5.74) is 10.2. The van der Waals surface area contributed by atoms with Gasteiger partial charge in [0.15, 0.2) is 0 Å². The first-order valence-electron chi connectivity index (χ1n) is 7.33. The molecule has 2 heterocycles. The monoisotopic (exact) mass is 295 g/mol. The highest BCUT2D eigenvalue weighted by Gasteiger charge is 2.21. The lowest BCUT2D eigenvalue weighted by atomic mass is 10.1. The Kier molecular flexibility index (Phi) is 2.93. The summed E-state index contributed by atoms with van der Waals surface area (Å²) in [6, 6.07) is 8.37. The van der Waals surface area contributed by atoms with Crippen molar-refractivity contribution in [3.63, 3.8) is 0 Å². The molecule has 3 aromatic rings. The molecule has 0 aliphatic heterocycles. The second-order valence-electron chi connectivity index (χ2n) is 5.67. The number of benzene rings is 1. The van der Waals surface area contributed by atoms with E-state index < -0.39 is 0 Å². The van der Waals surface area contributed by atoms with Gasteiger partial charge in [0.05, 0.1) is 5.39 Å². The summed E-state index contributed by atoms with van der Waals surface area (Å²) in [4.78, 5) is 11.8. The highest BCUT2D eigenvalue weighted by molar-refractivity contribution is 7.19. The summed E-state index contributed by atoms with van der Waals surface area (Å²) in [6.45, 7) is 2.12. The van der Waals surface area contributed by atoms with E-state index >= 15 is 0 Å². The molecule has 0 saturated heterocycles. The number of nitrogens with two attached hydrogens (primary N) is 1. The molecule has 3 nitrogen and oxygen atoms in total. The minimum absolute atomic E-state index is 0.656. The summed E-state index contributed by atoms with van der Waals surface area (Å²) >= 11 is 1.80. The normalized spacial score (nSPS) is 13.8. The number of aromatic nitrogens is 2. The zero-order valence-corrected chi connectivity index (χ0v) is 12.8. The van der Waals surface area contributed by atoms with Crippen molar-refractivity contribution in [1.82, 2.24) is 9.97 Å². The standard InChI is InChI=1S/C17H17N3S/c1-10-5-2-3-6-11(10)9-14-19-16(18)15-12-7-4-8-13(12)21-17(15)20-14/h2-3,5-6H,4,7-9H2,1H3,(H2,18,19,20). The maximum atomic E-state index is 6.22. The lowest BCUT2D eigenvalue weighted by Gasteiger charge is -2.06. The summed E-state index contributed by atoms with van der Waals surface area (Å²) in [5.74, 6) is 1.48. The smallest absolute Gasteiger partial charge is 0.136 e. The Bertz CT molecular complexity index is 835. The van der Waals surface area contributed by atoms with E-state index in [-0.39, 0.29) is 0 Å². The van der Waals surface area contributed by atoms with Crippen LogP contribution < -0.4 is 5.73 Å². The molecule has 0 unspecified atom stereocenters. The summed E-state index contributed by atoms with van der Waals surface area (Å²) < 4.78 is 0. The van der Waals surface area contributed by atoms with Crippen molar-refractivity contribution < 1.29 is 0 Å². The predicted molar refractivity (Wildman–Crippen MR) is 87.8 cm³/mol. The third-order valence-electron chi connectivity index (χ3n) is 4.25. The Hall–Kier alpha value is -1.94. The fraction of sp³-hybridized carbons (Fsp3) is 0.294. The maximum absolute atomic E-state index is 6.22. The highest BCUT2D eigenvalue weighted by Crippen LogP contribution is 2.38. The van der Waals surface area contributed by atoms with E-state index in [1.807, 2.05) is 0 Å². The molecule has 0 fully saturated rings. The van der Waals surface area contributed by atoms with Crippen molar-refractivity contribution in [1.29, 1.82) is 0 Å². The van der Waals surface area contributed by atoms with E-state index in [4.69, 9.17) is 10.7 Å². The minimum Gasteiger partial charge on any atom is -0.383 e. The van der Waals surface area contributed by atoms with Crippen LogP contribution >= 0.6 is 11.3 Å². The molecule has 0 bridgehead atoms. The molecule has 106 valence electrons. The largest absolute Gasteiger partial charge is 0.383 e. The lowest BCUT2D eigenvalue weighted by Crippen LogP contribution is -2.02. The van der Waals surface area contributed by atoms with Crippen LogP contribution in [-0.2, 0) is 19.3 Å². The van der Waals surface area contributed by atoms with E-state index in [0.717, 1.165) is 28.9 Å². The molecule has 0 spiro atoms.